The normalized spacial score (nSPS) is 13.1. The van der Waals surface area contributed by atoms with Gasteiger partial charge in [0.1, 0.15) is 0 Å². The molecule has 0 saturated heterocycles. The van der Waals surface area contributed by atoms with Crippen molar-refractivity contribution in [3.63, 3.8) is 0 Å². The zero-order valence-electron chi connectivity index (χ0n) is 10.6. The van der Waals surface area contributed by atoms with Gasteiger partial charge in [0, 0.05) is 11.7 Å². The Balaban J connectivity index is 2.10. The van der Waals surface area contributed by atoms with Crippen molar-refractivity contribution >= 4 is 11.5 Å². The number of halogens is 3. The van der Waals surface area contributed by atoms with Crippen LogP contribution < -0.4 is 11.1 Å². The zero-order chi connectivity index (χ0) is 14.8. The number of nitrogens with zero attached hydrogens (tertiary/aromatic N) is 2. The number of alkyl halides is 3. The maximum absolute atomic E-state index is 12.4. The lowest BCUT2D eigenvalue weighted by atomic mass is 10.2. The molecule has 2 rings (SSSR count). The van der Waals surface area contributed by atoms with Crippen molar-refractivity contribution in [2.75, 3.05) is 5.32 Å². The van der Waals surface area contributed by atoms with E-state index in [2.05, 4.69) is 15.5 Å². The van der Waals surface area contributed by atoms with Crippen LogP contribution in [0.5, 0.6) is 0 Å². The van der Waals surface area contributed by atoms with Gasteiger partial charge in [-0.25, -0.2) is 0 Å². The van der Waals surface area contributed by atoms with Crippen molar-refractivity contribution in [3.8, 4) is 0 Å². The maximum Gasteiger partial charge on any atom is 0.416 e. The summed E-state index contributed by atoms with van der Waals surface area (Å²) in [5.74, 6) is 0.439. The minimum absolute atomic E-state index is 0.220. The van der Waals surface area contributed by atoms with Crippen molar-refractivity contribution in [3.05, 3.63) is 47.7 Å². The molecule has 0 aliphatic rings. The van der Waals surface area contributed by atoms with Crippen LogP contribution in [-0.4, -0.2) is 10.2 Å². The number of nitrogens with two attached hydrogens (primary N) is 1. The van der Waals surface area contributed by atoms with Crippen LogP contribution in [0.3, 0.4) is 0 Å². The van der Waals surface area contributed by atoms with Crippen LogP contribution in [0.4, 0.5) is 24.7 Å². The Morgan fingerprint density at radius 2 is 1.70 bits per heavy atom. The van der Waals surface area contributed by atoms with Gasteiger partial charge in [0.15, 0.2) is 5.82 Å². The zero-order valence-corrected chi connectivity index (χ0v) is 10.6. The van der Waals surface area contributed by atoms with Crippen molar-refractivity contribution in [2.45, 2.75) is 19.1 Å². The number of hydrogen-bond acceptors (Lipinski definition) is 4. The highest BCUT2D eigenvalue weighted by atomic mass is 19.4. The Morgan fingerprint density at radius 3 is 2.15 bits per heavy atom. The molecule has 0 aliphatic carbocycles. The van der Waals surface area contributed by atoms with Crippen LogP contribution >= 0.6 is 0 Å². The van der Waals surface area contributed by atoms with E-state index in [9.17, 15) is 13.2 Å². The van der Waals surface area contributed by atoms with Gasteiger partial charge < -0.3 is 11.1 Å². The van der Waals surface area contributed by atoms with Crippen LogP contribution in [0.2, 0.25) is 0 Å². The molecule has 1 heterocycles. The van der Waals surface area contributed by atoms with Gasteiger partial charge in [-0.15, -0.1) is 5.10 Å². The molecule has 0 spiro atoms. The van der Waals surface area contributed by atoms with Gasteiger partial charge in [0.2, 0.25) is 0 Å². The van der Waals surface area contributed by atoms with Crippen molar-refractivity contribution in [1.29, 1.82) is 0 Å². The van der Waals surface area contributed by atoms with Crippen LogP contribution in [0.15, 0.2) is 36.4 Å². The first-order valence-electron chi connectivity index (χ1n) is 5.90. The van der Waals surface area contributed by atoms with E-state index in [1.165, 1.54) is 12.1 Å². The second kappa shape index (κ2) is 5.46. The largest absolute Gasteiger partial charge is 0.416 e. The van der Waals surface area contributed by atoms with Crippen LogP contribution in [0.1, 0.15) is 24.2 Å². The first-order chi connectivity index (χ1) is 9.36. The molecule has 0 amide bonds. The molecular weight excluding hydrogens is 269 g/mol. The highest BCUT2D eigenvalue weighted by molar-refractivity contribution is 5.56. The summed E-state index contributed by atoms with van der Waals surface area (Å²) in [6.07, 6.45) is -4.34. The second-order valence-electron chi connectivity index (χ2n) is 4.33. The van der Waals surface area contributed by atoms with E-state index in [1.807, 2.05) is 0 Å². The molecule has 7 heteroatoms. The van der Waals surface area contributed by atoms with E-state index < -0.39 is 11.7 Å². The fourth-order valence-corrected chi connectivity index (χ4v) is 1.54. The molecule has 0 saturated carbocycles. The molecule has 20 heavy (non-hydrogen) atoms. The standard InChI is InChI=1S/C13H13F3N4/c1-8(17)11-6-7-12(20-19-11)18-10-4-2-9(3-5-10)13(14,15)16/h2-8H,17H2,1H3,(H,18,20). The number of anilines is 2. The minimum atomic E-state index is -4.34. The summed E-state index contributed by atoms with van der Waals surface area (Å²) in [6, 6.07) is 7.85. The molecule has 0 fully saturated rings. The molecule has 1 aromatic carbocycles. The Kier molecular flexibility index (Phi) is 3.89. The fourth-order valence-electron chi connectivity index (χ4n) is 1.54. The van der Waals surface area contributed by atoms with E-state index in [0.717, 1.165) is 12.1 Å². The first kappa shape index (κ1) is 14.3. The van der Waals surface area contributed by atoms with Crippen molar-refractivity contribution in [2.24, 2.45) is 5.73 Å². The lowest BCUT2D eigenvalue weighted by Crippen LogP contribution is -2.08. The van der Waals surface area contributed by atoms with Crippen molar-refractivity contribution in [1.82, 2.24) is 10.2 Å². The summed E-state index contributed by atoms with van der Waals surface area (Å²) >= 11 is 0. The summed E-state index contributed by atoms with van der Waals surface area (Å²) in [5.41, 5.74) is 6.09. The average Bonchev–Trinajstić information content (AvgIpc) is 2.39. The van der Waals surface area contributed by atoms with Gasteiger partial charge in [-0.2, -0.15) is 18.3 Å². The molecule has 0 bridgehead atoms. The number of rotatable bonds is 3. The third-order valence-corrected chi connectivity index (χ3v) is 2.64. The van der Waals surface area contributed by atoms with Crippen LogP contribution in [0, 0.1) is 0 Å². The topological polar surface area (TPSA) is 63.8 Å². The lowest BCUT2D eigenvalue weighted by molar-refractivity contribution is -0.137. The predicted octanol–water partition coefficient (Wildman–Crippen LogP) is 3.26. The van der Waals surface area contributed by atoms with E-state index in [1.54, 1.807) is 19.1 Å². The molecule has 0 aliphatic heterocycles. The number of aromatic nitrogens is 2. The highest BCUT2D eigenvalue weighted by Crippen LogP contribution is 2.30. The van der Waals surface area contributed by atoms with E-state index in [-0.39, 0.29) is 6.04 Å². The Labute approximate surface area is 113 Å². The lowest BCUT2D eigenvalue weighted by Gasteiger charge is -2.09. The SMILES string of the molecule is CC(N)c1ccc(Nc2ccc(C(F)(F)F)cc2)nn1. The van der Waals surface area contributed by atoms with Gasteiger partial charge >= 0.3 is 6.18 Å². The third-order valence-electron chi connectivity index (χ3n) is 2.64. The summed E-state index contributed by atoms with van der Waals surface area (Å²) < 4.78 is 37.2. The summed E-state index contributed by atoms with van der Waals surface area (Å²) in [5, 5.41) is 10.7. The minimum Gasteiger partial charge on any atom is -0.339 e. The average molecular weight is 282 g/mol. The summed E-state index contributed by atoms with van der Waals surface area (Å²) in [4.78, 5) is 0. The van der Waals surface area contributed by atoms with Gasteiger partial charge in [-0.05, 0) is 43.3 Å². The second-order valence-corrected chi connectivity index (χ2v) is 4.33. The first-order valence-corrected chi connectivity index (χ1v) is 5.90. The summed E-state index contributed by atoms with van der Waals surface area (Å²) in [6.45, 7) is 1.78. The van der Waals surface area contributed by atoms with Crippen molar-refractivity contribution < 1.29 is 13.2 Å². The Hall–Kier alpha value is -2.15. The molecule has 3 N–H and O–H groups in total. The number of nitrogens with one attached hydrogen (secondary N) is 1. The monoisotopic (exact) mass is 282 g/mol. The van der Waals surface area contributed by atoms with E-state index >= 15 is 0 Å². The maximum atomic E-state index is 12.4. The van der Waals surface area contributed by atoms with Gasteiger partial charge in [-0.3, -0.25) is 0 Å². The molecule has 1 unspecified atom stereocenters. The van der Waals surface area contributed by atoms with E-state index in [4.69, 9.17) is 5.73 Å². The molecule has 2 aromatic rings. The van der Waals surface area contributed by atoms with Gasteiger partial charge in [0.25, 0.3) is 0 Å². The molecule has 106 valence electrons. The van der Waals surface area contributed by atoms with Crippen LogP contribution in [-0.2, 0) is 6.18 Å². The number of benzene rings is 1. The number of hydrogen-bond donors (Lipinski definition) is 2. The molecule has 4 nitrogen and oxygen atoms in total. The summed E-state index contributed by atoms with van der Waals surface area (Å²) in [7, 11) is 0. The van der Waals surface area contributed by atoms with E-state index in [0.29, 0.717) is 17.2 Å². The quantitative estimate of drug-likeness (QED) is 0.907. The Morgan fingerprint density at radius 1 is 1.05 bits per heavy atom. The molecule has 0 radical (unpaired) electrons. The van der Waals surface area contributed by atoms with Gasteiger partial charge in [0.05, 0.1) is 11.3 Å². The molecule has 1 atom stereocenters. The van der Waals surface area contributed by atoms with Gasteiger partial charge in [-0.1, -0.05) is 0 Å². The fraction of sp³-hybridized carbons (Fsp3) is 0.231. The highest BCUT2D eigenvalue weighted by Gasteiger charge is 2.29. The predicted molar refractivity (Wildman–Crippen MR) is 69.4 cm³/mol. The third kappa shape index (κ3) is 3.45. The molecular formula is C13H13F3N4. The Bertz CT molecular complexity index is 562. The smallest absolute Gasteiger partial charge is 0.339 e. The molecule has 1 aromatic heterocycles. The van der Waals surface area contributed by atoms with Crippen LogP contribution in [0.25, 0.3) is 0 Å².